The largest absolute Gasteiger partial charge is 0.507 e. The fourth-order valence-electron chi connectivity index (χ4n) is 4.23. The predicted octanol–water partition coefficient (Wildman–Crippen LogP) is 4.76. The number of methoxy groups -OCH3 is 2. The summed E-state index contributed by atoms with van der Waals surface area (Å²) in [5.74, 6) is -0.0865. The lowest BCUT2D eigenvalue weighted by Crippen LogP contribution is -2.29. The van der Waals surface area contributed by atoms with Gasteiger partial charge in [0.1, 0.15) is 23.0 Å². The summed E-state index contributed by atoms with van der Waals surface area (Å²) in [5.41, 5.74) is 1.48. The van der Waals surface area contributed by atoms with Gasteiger partial charge < -0.3 is 24.2 Å². The van der Waals surface area contributed by atoms with Crippen LogP contribution in [0.25, 0.3) is 5.76 Å². The predicted molar refractivity (Wildman–Crippen MR) is 138 cm³/mol. The van der Waals surface area contributed by atoms with E-state index >= 15 is 0 Å². The minimum absolute atomic E-state index is 0.0367. The molecule has 1 aliphatic heterocycles. The number of ether oxygens (including phenoxy) is 3. The number of hydrogen-bond acceptors (Lipinski definition) is 7. The molecule has 192 valence electrons. The summed E-state index contributed by atoms with van der Waals surface area (Å²) in [7, 11) is 2.98. The van der Waals surface area contributed by atoms with Gasteiger partial charge in [0, 0.05) is 12.3 Å². The topological polar surface area (TPSA) is 98.2 Å². The third-order valence-corrected chi connectivity index (χ3v) is 6.02. The number of aromatic nitrogens is 1. The Balaban J connectivity index is 1.86. The number of carbonyl (C=O) groups is 2. The lowest BCUT2D eigenvalue weighted by molar-refractivity contribution is -0.140. The van der Waals surface area contributed by atoms with Crippen molar-refractivity contribution in [3.63, 3.8) is 0 Å². The Morgan fingerprint density at radius 1 is 1.00 bits per heavy atom. The van der Waals surface area contributed by atoms with Crippen molar-refractivity contribution in [3.05, 3.63) is 89.3 Å². The first-order valence-corrected chi connectivity index (χ1v) is 12.0. The number of aliphatic hydroxyl groups excluding tert-OH is 1. The van der Waals surface area contributed by atoms with Crippen LogP contribution in [0.1, 0.15) is 36.7 Å². The zero-order valence-corrected chi connectivity index (χ0v) is 21.3. The number of Topliss-reactive ketones (excluding diaryl/α,β-unsaturated/α-hetero) is 1. The van der Waals surface area contributed by atoms with E-state index in [-0.39, 0.29) is 23.4 Å². The number of pyridine rings is 1. The molecule has 2 aromatic carbocycles. The van der Waals surface area contributed by atoms with E-state index in [0.29, 0.717) is 41.0 Å². The number of amides is 1. The monoisotopic (exact) mass is 502 g/mol. The van der Waals surface area contributed by atoms with Crippen molar-refractivity contribution in [2.45, 2.75) is 26.4 Å². The molecule has 2 heterocycles. The Morgan fingerprint density at radius 3 is 2.49 bits per heavy atom. The Labute approximate surface area is 216 Å². The van der Waals surface area contributed by atoms with Gasteiger partial charge in [-0.3, -0.25) is 14.6 Å². The second kappa shape index (κ2) is 11.2. The second-order valence-electron chi connectivity index (χ2n) is 9.09. The first-order chi connectivity index (χ1) is 17.8. The van der Waals surface area contributed by atoms with Gasteiger partial charge in [-0.25, -0.2) is 0 Å². The number of hydrogen-bond donors (Lipinski definition) is 1. The average Bonchev–Trinajstić information content (AvgIpc) is 3.16. The summed E-state index contributed by atoms with van der Waals surface area (Å²) in [6, 6.07) is 16.6. The van der Waals surface area contributed by atoms with Crippen LogP contribution in [-0.2, 0) is 16.1 Å². The first-order valence-electron chi connectivity index (χ1n) is 12.0. The molecule has 8 nitrogen and oxygen atoms in total. The van der Waals surface area contributed by atoms with E-state index in [4.69, 9.17) is 14.2 Å². The highest BCUT2D eigenvalue weighted by Gasteiger charge is 2.46. The van der Waals surface area contributed by atoms with Gasteiger partial charge in [0.25, 0.3) is 11.7 Å². The summed E-state index contributed by atoms with van der Waals surface area (Å²) in [6.07, 6.45) is 1.63. The van der Waals surface area contributed by atoms with Crippen molar-refractivity contribution >= 4 is 17.4 Å². The summed E-state index contributed by atoms with van der Waals surface area (Å²) < 4.78 is 16.6. The van der Waals surface area contributed by atoms with Gasteiger partial charge in [0.05, 0.1) is 50.2 Å². The van der Waals surface area contributed by atoms with E-state index in [2.05, 4.69) is 4.98 Å². The number of likely N-dealkylation sites (tertiary alicyclic amines) is 1. The number of benzene rings is 2. The van der Waals surface area contributed by atoms with Crippen LogP contribution in [0.2, 0.25) is 0 Å². The van der Waals surface area contributed by atoms with Crippen molar-refractivity contribution in [3.8, 4) is 17.2 Å². The molecule has 37 heavy (non-hydrogen) atoms. The highest BCUT2D eigenvalue weighted by molar-refractivity contribution is 6.46. The fraction of sp³-hybridized carbons (Fsp3) is 0.276. The number of rotatable bonds is 9. The number of nitrogens with zero attached hydrogens (tertiary/aromatic N) is 2. The van der Waals surface area contributed by atoms with Gasteiger partial charge in [-0.15, -0.1) is 0 Å². The Morgan fingerprint density at radius 2 is 1.81 bits per heavy atom. The molecule has 1 atom stereocenters. The molecule has 1 unspecified atom stereocenters. The first kappa shape index (κ1) is 25.8. The van der Waals surface area contributed by atoms with Gasteiger partial charge in [0.2, 0.25) is 0 Å². The average molecular weight is 503 g/mol. The molecule has 1 saturated heterocycles. The zero-order valence-electron chi connectivity index (χ0n) is 21.3. The van der Waals surface area contributed by atoms with Gasteiger partial charge >= 0.3 is 0 Å². The van der Waals surface area contributed by atoms with Gasteiger partial charge in [-0.05, 0) is 47.9 Å². The van der Waals surface area contributed by atoms with Crippen LogP contribution in [0.4, 0.5) is 0 Å². The highest BCUT2D eigenvalue weighted by atomic mass is 16.5. The molecular formula is C29H30N2O6. The summed E-state index contributed by atoms with van der Waals surface area (Å²) in [6.45, 7) is 4.70. The maximum absolute atomic E-state index is 13.4. The van der Waals surface area contributed by atoms with Crippen LogP contribution in [0.5, 0.6) is 17.2 Å². The van der Waals surface area contributed by atoms with Crippen LogP contribution in [0.3, 0.4) is 0 Å². The maximum Gasteiger partial charge on any atom is 0.296 e. The quantitative estimate of drug-likeness (QED) is 0.256. The molecule has 1 aliphatic rings. The van der Waals surface area contributed by atoms with Crippen molar-refractivity contribution in [1.82, 2.24) is 9.88 Å². The second-order valence-corrected chi connectivity index (χ2v) is 9.09. The molecule has 1 amide bonds. The SMILES string of the molecule is COc1ccc(/C(O)=C2\C(=O)C(=O)N(Cc3ccccn3)C2c2cccc(OCC(C)C)c2)c(OC)c1. The Hall–Kier alpha value is -4.33. The Kier molecular flexibility index (Phi) is 7.77. The van der Waals surface area contributed by atoms with Crippen LogP contribution in [0.15, 0.2) is 72.4 Å². The van der Waals surface area contributed by atoms with E-state index in [0.717, 1.165) is 0 Å². The molecular weight excluding hydrogens is 472 g/mol. The molecule has 1 fully saturated rings. The molecule has 0 radical (unpaired) electrons. The molecule has 3 aromatic rings. The third-order valence-electron chi connectivity index (χ3n) is 6.02. The van der Waals surface area contributed by atoms with E-state index in [1.807, 2.05) is 32.0 Å². The van der Waals surface area contributed by atoms with Crippen LogP contribution < -0.4 is 14.2 Å². The smallest absolute Gasteiger partial charge is 0.296 e. The maximum atomic E-state index is 13.4. The zero-order chi connectivity index (χ0) is 26.5. The van der Waals surface area contributed by atoms with Gasteiger partial charge in [0.15, 0.2) is 0 Å². The fourth-order valence-corrected chi connectivity index (χ4v) is 4.23. The van der Waals surface area contributed by atoms with E-state index in [9.17, 15) is 14.7 Å². The van der Waals surface area contributed by atoms with Crippen molar-refractivity contribution < 1.29 is 28.9 Å². The number of aliphatic hydroxyl groups is 1. The van der Waals surface area contributed by atoms with Crippen molar-refractivity contribution in [1.29, 1.82) is 0 Å². The van der Waals surface area contributed by atoms with Crippen molar-refractivity contribution in [2.75, 3.05) is 20.8 Å². The standard InChI is InChI=1S/C29H30N2O6/c1-18(2)17-37-22-10-7-8-19(14-22)26-25(27(32)23-12-11-21(35-3)15-24(23)36-4)28(33)29(34)31(26)16-20-9-5-6-13-30-20/h5-15,18,26,32H,16-17H2,1-4H3/b27-25+. The highest BCUT2D eigenvalue weighted by Crippen LogP contribution is 2.42. The minimum atomic E-state index is -0.864. The summed E-state index contributed by atoms with van der Waals surface area (Å²) in [5, 5.41) is 11.5. The molecule has 1 N–H and O–H groups in total. The molecule has 0 saturated carbocycles. The van der Waals surface area contributed by atoms with Crippen LogP contribution in [-0.4, -0.2) is 47.5 Å². The van der Waals surface area contributed by atoms with Crippen molar-refractivity contribution in [2.24, 2.45) is 5.92 Å². The van der Waals surface area contributed by atoms with Gasteiger partial charge in [-0.1, -0.05) is 32.0 Å². The summed E-state index contributed by atoms with van der Waals surface area (Å²) >= 11 is 0. The van der Waals surface area contributed by atoms with E-state index < -0.39 is 17.7 Å². The molecule has 8 heteroatoms. The van der Waals surface area contributed by atoms with Crippen LogP contribution in [0, 0.1) is 5.92 Å². The summed E-state index contributed by atoms with van der Waals surface area (Å²) in [4.78, 5) is 32.5. The molecule has 0 bridgehead atoms. The van der Waals surface area contributed by atoms with Gasteiger partial charge in [-0.2, -0.15) is 0 Å². The molecule has 4 rings (SSSR count). The number of ketones is 1. The van der Waals surface area contributed by atoms with Crippen LogP contribution >= 0.6 is 0 Å². The van der Waals surface area contributed by atoms with E-state index in [1.54, 1.807) is 48.7 Å². The molecule has 0 spiro atoms. The lowest BCUT2D eigenvalue weighted by atomic mass is 9.94. The lowest BCUT2D eigenvalue weighted by Gasteiger charge is -2.25. The normalized spacial score (nSPS) is 16.8. The molecule has 0 aliphatic carbocycles. The molecule has 1 aromatic heterocycles. The Bertz CT molecular complexity index is 1320. The number of carbonyl (C=O) groups excluding carboxylic acids is 2. The third kappa shape index (κ3) is 5.43. The minimum Gasteiger partial charge on any atom is -0.507 e. The van der Waals surface area contributed by atoms with E-state index in [1.165, 1.54) is 19.1 Å².